The molecule has 0 atom stereocenters. The van der Waals surface area contributed by atoms with Gasteiger partial charge in [-0.25, -0.2) is 4.79 Å². The lowest BCUT2D eigenvalue weighted by Crippen LogP contribution is -2.35. The van der Waals surface area contributed by atoms with Crippen LogP contribution in [0.1, 0.15) is 36.6 Å². The van der Waals surface area contributed by atoms with Crippen LogP contribution < -0.4 is 4.74 Å². The molecule has 33 heavy (non-hydrogen) atoms. The van der Waals surface area contributed by atoms with Gasteiger partial charge in [0.05, 0.1) is 24.8 Å². The van der Waals surface area contributed by atoms with Crippen LogP contribution in [0, 0.1) is 0 Å². The maximum absolute atomic E-state index is 12.7. The second-order valence-electron chi connectivity index (χ2n) is 7.23. The first-order valence-electron chi connectivity index (χ1n) is 10.2. The van der Waals surface area contributed by atoms with Crippen molar-refractivity contribution < 1.29 is 28.7 Å². The Labute approximate surface area is 191 Å². The van der Waals surface area contributed by atoms with Crippen LogP contribution >= 0.6 is 0 Å². The summed E-state index contributed by atoms with van der Waals surface area (Å²) in [4.78, 5) is 52.9. The van der Waals surface area contributed by atoms with Crippen LogP contribution in [0.2, 0.25) is 0 Å². The SMILES string of the molecule is C=CCN(CC=C)C(=O)COC(=O)c1cc(CN2C(=O)c3ccccc3C2=O)ccc1OC. The third kappa shape index (κ3) is 5.01. The van der Waals surface area contributed by atoms with Crippen molar-refractivity contribution in [3.05, 3.63) is 90.0 Å². The second-order valence-corrected chi connectivity index (χ2v) is 7.23. The fraction of sp³-hybridized carbons (Fsp3) is 0.200. The summed E-state index contributed by atoms with van der Waals surface area (Å²) in [5, 5.41) is 0. The molecule has 0 saturated heterocycles. The molecule has 0 aromatic heterocycles. The zero-order chi connectivity index (χ0) is 24.0. The van der Waals surface area contributed by atoms with Crippen LogP contribution in [-0.2, 0) is 16.1 Å². The van der Waals surface area contributed by atoms with Crippen LogP contribution in [0.15, 0.2) is 67.8 Å². The number of nitrogens with zero attached hydrogens (tertiary/aromatic N) is 2. The Kier molecular flexibility index (Phi) is 7.40. The standard InChI is InChI=1S/C25H24N2O6/c1-4-12-26(13-5-2)22(28)16-33-25(31)20-14-17(10-11-21(20)32-3)15-27-23(29)18-8-6-7-9-19(18)24(27)30/h4-11,14H,1-2,12-13,15-16H2,3H3. The van der Waals surface area contributed by atoms with Crippen molar-refractivity contribution in [3.63, 3.8) is 0 Å². The molecule has 3 amide bonds. The number of esters is 1. The van der Waals surface area contributed by atoms with E-state index >= 15 is 0 Å². The van der Waals surface area contributed by atoms with Gasteiger partial charge >= 0.3 is 5.97 Å². The van der Waals surface area contributed by atoms with Gasteiger partial charge in [-0.05, 0) is 29.8 Å². The van der Waals surface area contributed by atoms with Crippen molar-refractivity contribution in [1.82, 2.24) is 9.80 Å². The van der Waals surface area contributed by atoms with E-state index in [-0.39, 0.29) is 17.9 Å². The Balaban J connectivity index is 1.75. The molecule has 0 radical (unpaired) electrons. The van der Waals surface area contributed by atoms with E-state index in [0.29, 0.717) is 29.8 Å². The molecule has 0 unspecified atom stereocenters. The Bertz CT molecular complexity index is 1080. The van der Waals surface area contributed by atoms with E-state index in [0.717, 1.165) is 4.90 Å². The number of hydrogen-bond acceptors (Lipinski definition) is 6. The van der Waals surface area contributed by atoms with Crippen LogP contribution in [0.4, 0.5) is 0 Å². The molecule has 0 spiro atoms. The van der Waals surface area contributed by atoms with E-state index in [1.165, 1.54) is 18.1 Å². The summed E-state index contributed by atoms with van der Waals surface area (Å²) in [7, 11) is 1.40. The number of carbonyl (C=O) groups is 4. The molecular weight excluding hydrogens is 424 g/mol. The minimum atomic E-state index is -0.762. The predicted octanol–water partition coefficient (Wildman–Crippen LogP) is 2.85. The van der Waals surface area contributed by atoms with Gasteiger partial charge in [0, 0.05) is 13.1 Å². The fourth-order valence-electron chi connectivity index (χ4n) is 3.46. The zero-order valence-electron chi connectivity index (χ0n) is 18.3. The average molecular weight is 448 g/mol. The van der Waals surface area contributed by atoms with Gasteiger partial charge < -0.3 is 14.4 Å². The van der Waals surface area contributed by atoms with Crippen LogP contribution in [0.5, 0.6) is 5.75 Å². The van der Waals surface area contributed by atoms with E-state index < -0.39 is 30.3 Å². The van der Waals surface area contributed by atoms with Gasteiger partial charge in [-0.15, -0.1) is 13.2 Å². The van der Waals surface area contributed by atoms with Crippen molar-refractivity contribution in [2.75, 3.05) is 26.8 Å². The first-order chi connectivity index (χ1) is 15.9. The Morgan fingerprint density at radius 1 is 1.00 bits per heavy atom. The molecule has 2 aromatic rings. The normalized spacial score (nSPS) is 12.2. The molecule has 3 rings (SSSR count). The fourth-order valence-corrected chi connectivity index (χ4v) is 3.46. The second kappa shape index (κ2) is 10.4. The highest BCUT2D eigenvalue weighted by molar-refractivity contribution is 6.21. The molecule has 0 bridgehead atoms. The quantitative estimate of drug-likeness (QED) is 0.315. The van der Waals surface area contributed by atoms with Gasteiger partial charge in [-0.1, -0.05) is 30.4 Å². The van der Waals surface area contributed by atoms with Crippen molar-refractivity contribution in [1.29, 1.82) is 0 Å². The third-order valence-electron chi connectivity index (χ3n) is 5.08. The Morgan fingerprint density at radius 3 is 2.15 bits per heavy atom. The van der Waals surface area contributed by atoms with Gasteiger partial charge in [0.1, 0.15) is 11.3 Å². The molecule has 1 heterocycles. The number of hydrogen-bond donors (Lipinski definition) is 0. The molecular formula is C25H24N2O6. The summed E-state index contributed by atoms with van der Waals surface area (Å²) >= 11 is 0. The van der Waals surface area contributed by atoms with Gasteiger partial charge in [0.2, 0.25) is 0 Å². The molecule has 0 aliphatic carbocycles. The molecule has 0 N–H and O–H groups in total. The molecule has 2 aromatic carbocycles. The molecule has 1 aliphatic rings. The van der Waals surface area contributed by atoms with Crippen molar-refractivity contribution in [2.45, 2.75) is 6.54 Å². The third-order valence-corrected chi connectivity index (χ3v) is 5.08. The highest BCUT2D eigenvalue weighted by Crippen LogP contribution is 2.26. The van der Waals surface area contributed by atoms with E-state index in [9.17, 15) is 19.2 Å². The lowest BCUT2D eigenvalue weighted by atomic mass is 10.1. The molecule has 0 fully saturated rings. The average Bonchev–Trinajstić information content (AvgIpc) is 3.07. The highest BCUT2D eigenvalue weighted by atomic mass is 16.5. The van der Waals surface area contributed by atoms with Gasteiger partial charge in [0.15, 0.2) is 6.61 Å². The first-order valence-corrected chi connectivity index (χ1v) is 10.2. The smallest absolute Gasteiger partial charge is 0.342 e. The minimum absolute atomic E-state index is 0.0258. The zero-order valence-corrected chi connectivity index (χ0v) is 18.3. The van der Waals surface area contributed by atoms with E-state index in [2.05, 4.69) is 13.2 Å². The van der Waals surface area contributed by atoms with Crippen LogP contribution in [-0.4, -0.2) is 60.3 Å². The molecule has 1 aliphatic heterocycles. The van der Waals surface area contributed by atoms with E-state index in [4.69, 9.17) is 9.47 Å². The number of methoxy groups -OCH3 is 1. The number of imide groups is 1. The number of fused-ring (bicyclic) bond motifs is 1. The first kappa shape index (κ1) is 23.5. The number of rotatable bonds is 10. The van der Waals surface area contributed by atoms with E-state index in [1.807, 2.05) is 0 Å². The topological polar surface area (TPSA) is 93.2 Å². The maximum Gasteiger partial charge on any atom is 0.342 e. The Hall–Kier alpha value is -4.20. The van der Waals surface area contributed by atoms with Gasteiger partial charge in [0.25, 0.3) is 17.7 Å². The number of amides is 3. The summed E-state index contributed by atoms with van der Waals surface area (Å²) in [6.45, 7) is 7.30. The summed E-state index contributed by atoms with van der Waals surface area (Å²) in [6.07, 6.45) is 3.13. The molecule has 8 nitrogen and oxygen atoms in total. The highest BCUT2D eigenvalue weighted by Gasteiger charge is 2.35. The van der Waals surface area contributed by atoms with Crippen molar-refractivity contribution >= 4 is 23.7 Å². The Morgan fingerprint density at radius 2 is 1.61 bits per heavy atom. The largest absolute Gasteiger partial charge is 0.496 e. The molecule has 0 saturated carbocycles. The number of carbonyl (C=O) groups excluding carboxylic acids is 4. The van der Waals surface area contributed by atoms with E-state index in [1.54, 1.807) is 48.6 Å². The number of ether oxygens (including phenoxy) is 2. The van der Waals surface area contributed by atoms with Gasteiger partial charge in [-0.3, -0.25) is 19.3 Å². The summed E-state index contributed by atoms with van der Waals surface area (Å²) < 4.78 is 10.4. The van der Waals surface area contributed by atoms with Crippen LogP contribution in [0.3, 0.4) is 0 Å². The monoisotopic (exact) mass is 448 g/mol. The van der Waals surface area contributed by atoms with Crippen molar-refractivity contribution in [2.24, 2.45) is 0 Å². The lowest BCUT2D eigenvalue weighted by molar-refractivity contribution is -0.133. The van der Waals surface area contributed by atoms with Crippen LogP contribution in [0.25, 0.3) is 0 Å². The molecule has 170 valence electrons. The predicted molar refractivity (Wildman–Crippen MR) is 121 cm³/mol. The van der Waals surface area contributed by atoms with Gasteiger partial charge in [-0.2, -0.15) is 0 Å². The summed E-state index contributed by atoms with van der Waals surface area (Å²) in [5.74, 6) is -1.71. The lowest BCUT2D eigenvalue weighted by Gasteiger charge is -2.19. The summed E-state index contributed by atoms with van der Waals surface area (Å²) in [6, 6.07) is 11.3. The summed E-state index contributed by atoms with van der Waals surface area (Å²) in [5.41, 5.74) is 1.30. The minimum Gasteiger partial charge on any atom is -0.496 e. The van der Waals surface area contributed by atoms with Crippen molar-refractivity contribution in [3.8, 4) is 5.75 Å². The molecule has 8 heteroatoms. The maximum atomic E-state index is 12.7. The number of benzene rings is 2.